The standard InChI is InChI=1S/C27H23N5O2S/c33-24(16-9-17-25-28-22-14-7-8-15-23(22)35-25)29-30-27(34)21-18-32(20-12-5-2-6-13-20)31-26(21)19-10-3-1-4-11-19/h1-8,10-15,18H,9,16-17H2,(H,29,33)(H,30,34). The molecule has 2 amide bonds. The highest BCUT2D eigenvalue weighted by Crippen LogP contribution is 2.24. The average Bonchev–Trinajstić information content (AvgIpc) is 3.53. The number of aromatic nitrogens is 3. The number of rotatable bonds is 7. The molecule has 0 spiro atoms. The molecule has 2 heterocycles. The van der Waals surface area contributed by atoms with E-state index < -0.39 is 5.91 Å². The molecule has 35 heavy (non-hydrogen) atoms. The van der Waals surface area contributed by atoms with Crippen LogP contribution in [0.5, 0.6) is 0 Å². The molecule has 5 rings (SSSR count). The summed E-state index contributed by atoms with van der Waals surface area (Å²) in [5.41, 5.74) is 8.61. The summed E-state index contributed by atoms with van der Waals surface area (Å²) in [7, 11) is 0. The van der Waals surface area contributed by atoms with Crippen LogP contribution in [0, 0.1) is 0 Å². The highest BCUT2D eigenvalue weighted by Gasteiger charge is 2.19. The molecule has 0 unspecified atom stereocenters. The molecule has 3 aromatic carbocycles. The van der Waals surface area contributed by atoms with Gasteiger partial charge in [0.05, 0.1) is 26.5 Å². The van der Waals surface area contributed by atoms with E-state index >= 15 is 0 Å². The van der Waals surface area contributed by atoms with E-state index in [1.54, 1.807) is 22.2 Å². The van der Waals surface area contributed by atoms with Gasteiger partial charge in [-0.3, -0.25) is 20.4 Å². The van der Waals surface area contributed by atoms with Gasteiger partial charge >= 0.3 is 0 Å². The molecule has 174 valence electrons. The van der Waals surface area contributed by atoms with Gasteiger partial charge in [-0.25, -0.2) is 9.67 Å². The Kier molecular flexibility index (Phi) is 6.63. The summed E-state index contributed by atoms with van der Waals surface area (Å²) in [6, 6.07) is 27.1. The molecule has 0 saturated heterocycles. The number of carbonyl (C=O) groups is 2. The number of carbonyl (C=O) groups excluding carboxylic acids is 2. The van der Waals surface area contributed by atoms with Crippen LogP contribution in [0.2, 0.25) is 0 Å². The van der Waals surface area contributed by atoms with Crippen molar-refractivity contribution in [3.05, 3.63) is 102 Å². The fourth-order valence-electron chi connectivity index (χ4n) is 3.75. The van der Waals surface area contributed by atoms with Crippen LogP contribution in [0.1, 0.15) is 28.2 Å². The molecule has 0 atom stereocenters. The molecule has 5 aromatic rings. The summed E-state index contributed by atoms with van der Waals surface area (Å²) in [6.45, 7) is 0. The van der Waals surface area contributed by atoms with E-state index in [4.69, 9.17) is 0 Å². The van der Waals surface area contributed by atoms with Crippen LogP contribution in [0.25, 0.3) is 27.2 Å². The maximum absolute atomic E-state index is 13.0. The van der Waals surface area contributed by atoms with E-state index in [1.165, 1.54) is 0 Å². The molecule has 0 fully saturated rings. The third kappa shape index (κ3) is 5.28. The third-order valence-corrected chi connectivity index (χ3v) is 6.57. The number of hydrogen-bond donors (Lipinski definition) is 2. The summed E-state index contributed by atoms with van der Waals surface area (Å²) in [5, 5.41) is 5.64. The van der Waals surface area contributed by atoms with Gasteiger partial charge in [-0.15, -0.1) is 11.3 Å². The summed E-state index contributed by atoms with van der Waals surface area (Å²) in [6.07, 6.45) is 3.31. The molecule has 2 aromatic heterocycles. The molecule has 0 aliphatic rings. The Bertz CT molecular complexity index is 1430. The number of nitrogens with one attached hydrogen (secondary N) is 2. The number of hydrazine groups is 1. The number of para-hydroxylation sites is 2. The van der Waals surface area contributed by atoms with Gasteiger partial charge < -0.3 is 0 Å². The van der Waals surface area contributed by atoms with Crippen LogP contribution in [0.4, 0.5) is 0 Å². The molecule has 0 aliphatic carbocycles. The van der Waals surface area contributed by atoms with Crippen LogP contribution >= 0.6 is 11.3 Å². The molecule has 0 aliphatic heterocycles. The minimum atomic E-state index is -0.425. The first-order chi connectivity index (χ1) is 17.2. The second-order valence-electron chi connectivity index (χ2n) is 7.97. The van der Waals surface area contributed by atoms with E-state index in [1.807, 2.05) is 84.9 Å². The molecule has 2 N–H and O–H groups in total. The van der Waals surface area contributed by atoms with Gasteiger partial charge in [-0.2, -0.15) is 5.10 Å². The monoisotopic (exact) mass is 481 g/mol. The van der Waals surface area contributed by atoms with E-state index in [2.05, 4.69) is 20.9 Å². The normalized spacial score (nSPS) is 10.9. The van der Waals surface area contributed by atoms with Crippen molar-refractivity contribution in [3.8, 4) is 16.9 Å². The summed E-state index contributed by atoms with van der Waals surface area (Å²) >= 11 is 1.64. The second kappa shape index (κ2) is 10.3. The fourth-order valence-corrected chi connectivity index (χ4v) is 4.75. The molecule has 0 saturated carbocycles. The predicted molar refractivity (Wildman–Crippen MR) is 137 cm³/mol. The molecule has 7 nitrogen and oxygen atoms in total. The third-order valence-electron chi connectivity index (χ3n) is 5.47. The van der Waals surface area contributed by atoms with Crippen LogP contribution in [-0.2, 0) is 11.2 Å². The topological polar surface area (TPSA) is 88.9 Å². The minimum Gasteiger partial charge on any atom is -0.273 e. The maximum atomic E-state index is 13.0. The molecule has 0 bridgehead atoms. The van der Waals surface area contributed by atoms with Crippen molar-refractivity contribution in [2.75, 3.05) is 0 Å². The Morgan fingerprint density at radius 1 is 0.857 bits per heavy atom. The fraction of sp³-hybridized carbons (Fsp3) is 0.111. The minimum absolute atomic E-state index is 0.254. The SMILES string of the molecule is O=C(CCCc1nc2ccccc2s1)NNC(=O)c1cn(-c2ccccc2)nc1-c1ccccc1. The Morgan fingerprint density at radius 3 is 2.34 bits per heavy atom. The molecular formula is C27H23N5O2S. The largest absolute Gasteiger partial charge is 0.273 e. The lowest BCUT2D eigenvalue weighted by molar-refractivity contribution is -0.121. The van der Waals surface area contributed by atoms with E-state index in [0.717, 1.165) is 26.5 Å². The van der Waals surface area contributed by atoms with E-state index in [-0.39, 0.29) is 12.3 Å². The highest BCUT2D eigenvalue weighted by atomic mass is 32.1. The maximum Gasteiger partial charge on any atom is 0.273 e. The Hall–Kier alpha value is -4.30. The van der Waals surface area contributed by atoms with Crippen LogP contribution in [0.3, 0.4) is 0 Å². The Morgan fingerprint density at radius 2 is 1.57 bits per heavy atom. The van der Waals surface area contributed by atoms with Gasteiger partial charge in [0.15, 0.2) is 0 Å². The zero-order chi connectivity index (χ0) is 24.0. The first kappa shape index (κ1) is 22.5. The van der Waals surface area contributed by atoms with Gasteiger partial charge in [0.1, 0.15) is 5.69 Å². The molecule has 0 radical (unpaired) electrons. The van der Waals surface area contributed by atoms with E-state index in [0.29, 0.717) is 24.1 Å². The first-order valence-electron chi connectivity index (χ1n) is 11.3. The van der Waals surface area contributed by atoms with Crippen LogP contribution in [0.15, 0.2) is 91.1 Å². The summed E-state index contributed by atoms with van der Waals surface area (Å²) in [5.74, 6) is -0.679. The van der Waals surface area contributed by atoms with Crippen LogP contribution < -0.4 is 10.9 Å². The van der Waals surface area contributed by atoms with Gasteiger partial charge in [0, 0.05) is 18.2 Å². The zero-order valence-electron chi connectivity index (χ0n) is 18.8. The smallest absolute Gasteiger partial charge is 0.273 e. The second-order valence-corrected chi connectivity index (χ2v) is 9.08. The number of thiazole rings is 1. The molecular weight excluding hydrogens is 458 g/mol. The van der Waals surface area contributed by atoms with Crippen LogP contribution in [-0.4, -0.2) is 26.6 Å². The zero-order valence-corrected chi connectivity index (χ0v) is 19.7. The van der Waals surface area contributed by atoms with Gasteiger partial charge in [0.2, 0.25) is 5.91 Å². The van der Waals surface area contributed by atoms with Crippen molar-refractivity contribution in [3.63, 3.8) is 0 Å². The van der Waals surface area contributed by atoms with Crippen molar-refractivity contribution in [1.29, 1.82) is 0 Å². The predicted octanol–water partition coefficient (Wildman–Crippen LogP) is 4.93. The number of benzene rings is 3. The lowest BCUT2D eigenvalue weighted by atomic mass is 10.1. The number of nitrogens with zero attached hydrogens (tertiary/aromatic N) is 3. The summed E-state index contributed by atoms with van der Waals surface area (Å²) < 4.78 is 2.81. The average molecular weight is 482 g/mol. The lowest BCUT2D eigenvalue weighted by Crippen LogP contribution is -2.41. The number of hydrogen-bond acceptors (Lipinski definition) is 5. The van der Waals surface area contributed by atoms with Crippen molar-refractivity contribution >= 4 is 33.4 Å². The number of amides is 2. The lowest BCUT2D eigenvalue weighted by Gasteiger charge is -2.07. The van der Waals surface area contributed by atoms with Gasteiger partial charge in [0.25, 0.3) is 5.91 Å². The number of fused-ring (bicyclic) bond motifs is 1. The van der Waals surface area contributed by atoms with Gasteiger partial charge in [-0.05, 0) is 37.1 Å². The van der Waals surface area contributed by atoms with Crippen molar-refractivity contribution in [2.45, 2.75) is 19.3 Å². The summed E-state index contributed by atoms with van der Waals surface area (Å²) in [4.78, 5) is 30.0. The van der Waals surface area contributed by atoms with Gasteiger partial charge in [-0.1, -0.05) is 60.7 Å². The Balaban J connectivity index is 1.22. The Labute approximate surface area is 206 Å². The van der Waals surface area contributed by atoms with Crippen molar-refractivity contribution < 1.29 is 9.59 Å². The van der Waals surface area contributed by atoms with E-state index in [9.17, 15) is 9.59 Å². The number of aryl methyl sites for hydroxylation is 1. The van der Waals surface area contributed by atoms with Crippen molar-refractivity contribution in [1.82, 2.24) is 25.6 Å². The van der Waals surface area contributed by atoms with Crippen molar-refractivity contribution in [2.24, 2.45) is 0 Å². The molecule has 8 heteroatoms. The quantitative estimate of drug-likeness (QED) is 0.323. The first-order valence-corrected chi connectivity index (χ1v) is 12.1. The highest BCUT2D eigenvalue weighted by molar-refractivity contribution is 7.18.